The lowest BCUT2D eigenvalue weighted by Crippen LogP contribution is -2.32. The molecule has 4 nitrogen and oxygen atoms in total. The molecule has 0 saturated carbocycles. The predicted molar refractivity (Wildman–Crippen MR) is 64.0 cm³/mol. The van der Waals surface area contributed by atoms with Crippen molar-refractivity contribution in [3.63, 3.8) is 0 Å². The maximum absolute atomic E-state index is 11.1. The number of oxazole rings is 1. The van der Waals surface area contributed by atoms with Gasteiger partial charge in [0.2, 0.25) is 0 Å². The molecule has 0 spiro atoms. The van der Waals surface area contributed by atoms with Crippen LogP contribution < -0.4 is 5.32 Å². The van der Waals surface area contributed by atoms with Gasteiger partial charge in [0.25, 0.3) is 0 Å². The number of nitrogens with zero attached hydrogens (tertiary/aromatic N) is 1. The molecule has 1 aliphatic rings. The maximum Gasteiger partial charge on any atom is 0.186 e. The molecule has 1 aromatic rings. The van der Waals surface area contributed by atoms with E-state index in [4.69, 9.17) is 4.42 Å². The number of hydrogen-bond acceptors (Lipinski definition) is 5. The van der Waals surface area contributed by atoms with Crippen LogP contribution in [-0.4, -0.2) is 28.4 Å². The van der Waals surface area contributed by atoms with Crippen molar-refractivity contribution in [1.29, 1.82) is 0 Å². The number of rotatable bonds is 2. The van der Waals surface area contributed by atoms with Gasteiger partial charge < -0.3 is 9.73 Å². The van der Waals surface area contributed by atoms with Crippen molar-refractivity contribution >= 4 is 23.0 Å². The quantitative estimate of drug-likeness (QED) is 0.850. The lowest BCUT2D eigenvalue weighted by Gasteiger charge is -2.24. The first-order valence-corrected chi connectivity index (χ1v) is 6.10. The SMILES string of the molecule is CC(=O)SC1CCNCC1=Cc1cocn1. The molecule has 1 N–H and O–H groups in total. The highest BCUT2D eigenvalue weighted by Crippen LogP contribution is 2.26. The zero-order chi connectivity index (χ0) is 11.4. The third kappa shape index (κ3) is 2.96. The summed E-state index contributed by atoms with van der Waals surface area (Å²) in [6, 6.07) is 0. The van der Waals surface area contributed by atoms with E-state index in [1.807, 2.05) is 6.08 Å². The smallest absolute Gasteiger partial charge is 0.186 e. The van der Waals surface area contributed by atoms with Crippen LogP contribution in [0.5, 0.6) is 0 Å². The third-order valence-corrected chi connectivity index (χ3v) is 3.57. The Bertz CT molecular complexity index is 387. The summed E-state index contributed by atoms with van der Waals surface area (Å²) in [4.78, 5) is 15.2. The van der Waals surface area contributed by atoms with Crippen LogP contribution >= 0.6 is 11.8 Å². The van der Waals surface area contributed by atoms with Crippen LogP contribution in [0.1, 0.15) is 19.0 Å². The van der Waals surface area contributed by atoms with Gasteiger partial charge >= 0.3 is 0 Å². The van der Waals surface area contributed by atoms with E-state index in [-0.39, 0.29) is 10.4 Å². The van der Waals surface area contributed by atoms with Crippen LogP contribution in [0.15, 0.2) is 22.6 Å². The van der Waals surface area contributed by atoms with Crippen molar-refractivity contribution in [2.75, 3.05) is 13.1 Å². The Labute approximate surface area is 98.5 Å². The van der Waals surface area contributed by atoms with Crippen molar-refractivity contribution in [2.24, 2.45) is 0 Å². The topological polar surface area (TPSA) is 55.1 Å². The molecule has 1 aromatic heterocycles. The van der Waals surface area contributed by atoms with E-state index in [0.717, 1.165) is 25.2 Å². The lowest BCUT2D eigenvalue weighted by molar-refractivity contribution is -0.109. The predicted octanol–water partition coefficient (Wildman–Crippen LogP) is 1.70. The number of thioether (sulfide) groups is 1. The van der Waals surface area contributed by atoms with Gasteiger partial charge in [-0.15, -0.1) is 0 Å². The summed E-state index contributed by atoms with van der Waals surface area (Å²) in [7, 11) is 0. The average Bonchev–Trinajstić information content (AvgIpc) is 2.73. The zero-order valence-electron chi connectivity index (χ0n) is 9.10. The molecule has 16 heavy (non-hydrogen) atoms. The molecule has 5 heteroatoms. The summed E-state index contributed by atoms with van der Waals surface area (Å²) < 4.78 is 4.92. The van der Waals surface area contributed by atoms with Crippen LogP contribution in [0.2, 0.25) is 0 Å². The van der Waals surface area contributed by atoms with Gasteiger partial charge in [-0.25, -0.2) is 4.98 Å². The fraction of sp³-hybridized carbons (Fsp3) is 0.455. The fourth-order valence-electron chi connectivity index (χ4n) is 1.73. The molecule has 0 aromatic carbocycles. The van der Waals surface area contributed by atoms with E-state index in [9.17, 15) is 4.79 Å². The molecule has 2 rings (SSSR count). The highest BCUT2D eigenvalue weighted by molar-refractivity contribution is 8.14. The van der Waals surface area contributed by atoms with Crippen molar-refractivity contribution in [3.8, 4) is 0 Å². The second kappa shape index (κ2) is 5.32. The molecule has 0 aliphatic carbocycles. The van der Waals surface area contributed by atoms with E-state index in [1.54, 1.807) is 13.2 Å². The Morgan fingerprint density at radius 3 is 3.31 bits per heavy atom. The van der Waals surface area contributed by atoms with Gasteiger partial charge in [-0.3, -0.25) is 4.79 Å². The molecule has 2 heterocycles. The average molecular weight is 238 g/mol. The number of nitrogens with one attached hydrogen (secondary N) is 1. The van der Waals surface area contributed by atoms with Crippen LogP contribution in [0.25, 0.3) is 6.08 Å². The van der Waals surface area contributed by atoms with E-state index in [0.29, 0.717) is 0 Å². The number of piperidine rings is 1. The summed E-state index contributed by atoms with van der Waals surface area (Å²) >= 11 is 1.40. The lowest BCUT2D eigenvalue weighted by atomic mass is 10.1. The number of hydrogen-bond donors (Lipinski definition) is 1. The monoisotopic (exact) mass is 238 g/mol. The molecular weight excluding hydrogens is 224 g/mol. The Hall–Kier alpha value is -1.07. The first-order valence-electron chi connectivity index (χ1n) is 5.22. The summed E-state index contributed by atoms with van der Waals surface area (Å²) in [5.41, 5.74) is 2.02. The highest BCUT2D eigenvalue weighted by Gasteiger charge is 2.20. The summed E-state index contributed by atoms with van der Waals surface area (Å²) in [5, 5.41) is 3.74. The Balaban J connectivity index is 2.12. The minimum absolute atomic E-state index is 0.165. The molecule has 1 atom stereocenters. The first-order chi connectivity index (χ1) is 7.75. The standard InChI is InChI=1S/C11H14N2O2S/c1-8(14)16-11-2-3-12-5-9(11)4-10-6-15-7-13-10/h4,6-7,11-12H,2-3,5H2,1H3. The molecule has 0 radical (unpaired) electrons. The highest BCUT2D eigenvalue weighted by atomic mass is 32.2. The molecule has 0 bridgehead atoms. The molecule has 86 valence electrons. The van der Waals surface area contributed by atoms with Crippen LogP contribution in [-0.2, 0) is 4.79 Å². The van der Waals surface area contributed by atoms with Gasteiger partial charge in [0.1, 0.15) is 12.0 Å². The fourth-order valence-corrected chi connectivity index (χ4v) is 2.67. The molecule has 1 aliphatic heterocycles. The van der Waals surface area contributed by atoms with Gasteiger partial charge in [-0.2, -0.15) is 0 Å². The van der Waals surface area contributed by atoms with Gasteiger partial charge in [0, 0.05) is 18.7 Å². The normalized spacial score (nSPS) is 23.6. The summed E-state index contributed by atoms with van der Waals surface area (Å²) in [5.74, 6) is 0. The van der Waals surface area contributed by atoms with Gasteiger partial charge in [0.05, 0.1) is 0 Å². The molecular formula is C11H14N2O2S. The van der Waals surface area contributed by atoms with E-state index in [1.165, 1.54) is 23.7 Å². The van der Waals surface area contributed by atoms with Crippen molar-refractivity contribution < 1.29 is 9.21 Å². The van der Waals surface area contributed by atoms with Crippen LogP contribution in [0.4, 0.5) is 0 Å². The van der Waals surface area contributed by atoms with Crippen LogP contribution in [0.3, 0.4) is 0 Å². The van der Waals surface area contributed by atoms with Gasteiger partial charge in [-0.05, 0) is 24.6 Å². The summed E-state index contributed by atoms with van der Waals surface area (Å²) in [6.45, 7) is 3.39. The number of carbonyl (C=O) groups is 1. The maximum atomic E-state index is 11.1. The second-order valence-electron chi connectivity index (χ2n) is 3.70. The minimum Gasteiger partial charge on any atom is -0.451 e. The van der Waals surface area contributed by atoms with Crippen LogP contribution in [0, 0.1) is 0 Å². The number of aromatic nitrogens is 1. The minimum atomic E-state index is 0.165. The molecule has 1 unspecified atom stereocenters. The Morgan fingerprint density at radius 1 is 1.75 bits per heavy atom. The zero-order valence-corrected chi connectivity index (χ0v) is 9.92. The number of carbonyl (C=O) groups excluding carboxylic acids is 1. The van der Waals surface area contributed by atoms with Crippen molar-refractivity contribution in [2.45, 2.75) is 18.6 Å². The van der Waals surface area contributed by atoms with Gasteiger partial charge in [0.15, 0.2) is 11.5 Å². The van der Waals surface area contributed by atoms with Crippen molar-refractivity contribution in [1.82, 2.24) is 10.3 Å². The van der Waals surface area contributed by atoms with E-state index in [2.05, 4.69) is 10.3 Å². The Morgan fingerprint density at radius 2 is 2.62 bits per heavy atom. The molecule has 1 fully saturated rings. The third-order valence-electron chi connectivity index (χ3n) is 2.42. The first kappa shape index (κ1) is 11.4. The largest absolute Gasteiger partial charge is 0.451 e. The second-order valence-corrected chi connectivity index (χ2v) is 5.08. The van der Waals surface area contributed by atoms with E-state index < -0.39 is 0 Å². The summed E-state index contributed by atoms with van der Waals surface area (Å²) in [6.07, 6.45) is 6.00. The Kier molecular flexibility index (Phi) is 3.79. The van der Waals surface area contributed by atoms with Gasteiger partial charge in [-0.1, -0.05) is 11.8 Å². The van der Waals surface area contributed by atoms with E-state index >= 15 is 0 Å². The molecule has 0 amide bonds. The molecule has 1 saturated heterocycles. The van der Waals surface area contributed by atoms with Crippen molar-refractivity contribution in [3.05, 3.63) is 23.9 Å².